The Labute approximate surface area is 180 Å². The van der Waals surface area contributed by atoms with Gasteiger partial charge in [-0.2, -0.15) is 0 Å². The van der Waals surface area contributed by atoms with Gasteiger partial charge in [-0.15, -0.1) is 0 Å². The molecule has 0 bridgehead atoms. The smallest absolute Gasteiger partial charge is 0.260 e. The Morgan fingerprint density at radius 3 is 2.77 bits per heavy atom. The summed E-state index contributed by atoms with van der Waals surface area (Å²) in [6.07, 6.45) is 1.44. The van der Waals surface area contributed by atoms with E-state index >= 15 is 0 Å². The standard InChI is InChI=1S/C22H26FN5O3/c1-14(29)27-10-8-18-16(12-27)22(24-2)26-21(25-18)15-7-9-28(11-15)20(30)13-31-19-6-4-3-5-17(19)23/h3-6,15H,7-13H2,1-2H3,(H,24,25,26). The number of nitrogens with one attached hydrogen (secondary N) is 1. The molecule has 2 amide bonds. The van der Waals surface area contributed by atoms with Gasteiger partial charge < -0.3 is 19.9 Å². The first-order chi connectivity index (χ1) is 15.0. The fourth-order valence-corrected chi connectivity index (χ4v) is 4.08. The molecular weight excluding hydrogens is 401 g/mol. The van der Waals surface area contributed by atoms with Crippen LogP contribution in [0.25, 0.3) is 0 Å². The molecule has 1 fully saturated rings. The predicted octanol–water partition coefficient (Wildman–Crippen LogP) is 1.96. The van der Waals surface area contributed by atoms with E-state index in [0.29, 0.717) is 38.4 Å². The number of nitrogens with zero attached hydrogens (tertiary/aromatic N) is 4. The van der Waals surface area contributed by atoms with Gasteiger partial charge in [-0.05, 0) is 18.6 Å². The van der Waals surface area contributed by atoms with Crippen molar-refractivity contribution in [2.24, 2.45) is 0 Å². The molecule has 2 aliphatic heterocycles. The third kappa shape index (κ3) is 4.45. The van der Waals surface area contributed by atoms with Crippen molar-refractivity contribution in [2.45, 2.75) is 32.2 Å². The van der Waals surface area contributed by atoms with Gasteiger partial charge in [-0.1, -0.05) is 12.1 Å². The Morgan fingerprint density at radius 1 is 1.23 bits per heavy atom. The molecule has 0 spiro atoms. The molecule has 9 heteroatoms. The number of hydrogen-bond acceptors (Lipinski definition) is 6. The molecule has 1 saturated heterocycles. The first-order valence-electron chi connectivity index (χ1n) is 10.4. The van der Waals surface area contributed by atoms with Gasteiger partial charge in [-0.25, -0.2) is 14.4 Å². The molecule has 0 saturated carbocycles. The van der Waals surface area contributed by atoms with Crippen molar-refractivity contribution in [3.8, 4) is 5.75 Å². The summed E-state index contributed by atoms with van der Waals surface area (Å²) in [6.45, 7) is 3.59. The van der Waals surface area contributed by atoms with Crippen LogP contribution < -0.4 is 10.1 Å². The summed E-state index contributed by atoms with van der Waals surface area (Å²) in [5.74, 6) is 0.917. The maximum absolute atomic E-state index is 13.7. The van der Waals surface area contributed by atoms with Gasteiger partial charge in [0.25, 0.3) is 5.91 Å². The lowest BCUT2D eigenvalue weighted by Gasteiger charge is -2.29. The molecule has 8 nitrogen and oxygen atoms in total. The third-order valence-electron chi connectivity index (χ3n) is 5.85. The number of carbonyl (C=O) groups is 2. The zero-order valence-corrected chi connectivity index (χ0v) is 17.7. The Balaban J connectivity index is 1.42. The molecule has 164 valence electrons. The van der Waals surface area contributed by atoms with E-state index in [-0.39, 0.29) is 30.1 Å². The average Bonchev–Trinajstić information content (AvgIpc) is 3.27. The van der Waals surface area contributed by atoms with Crippen LogP contribution in [-0.4, -0.2) is 64.9 Å². The number of para-hydroxylation sites is 1. The van der Waals surface area contributed by atoms with Crippen LogP contribution in [0.2, 0.25) is 0 Å². The van der Waals surface area contributed by atoms with Crippen molar-refractivity contribution < 1.29 is 18.7 Å². The molecule has 31 heavy (non-hydrogen) atoms. The quantitative estimate of drug-likeness (QED) is 0.785. The number of halogens is 1. The molecule has 1 atom stereocenters. The van der Waals surface area contributed by atoms with Gasteiger partial charge in [0.05, 0.1) is 12.2 Å². The van der Waals surface area contributed by atoms with Crippen molar-refractivity contribution in [3.63, 3.8) is 0 Å². The molecule has 0 radical (unpaired) electrons. The van der Waals surface area contributed by atoms with Gasteiger partial charge in [0.15, 0.2) is 18.2 Å². The monoisotopic (exact) mass is 427 g/mol. The minimum absolute atomic E-state index is 0.0284. The molecule has 1 aromatic carbocycles. The topological polar surface area (TPSA) is 87.7 Å². The van der Waals surface area contributed by atoms with Crippen molar-refractivity contribution in [2.75, 3.05) is 38.6 Å². The lowest BCUT2D eigenvalue weighted by Crippen LogP contribution is -2.36. The second kappa shape index (κ2) is 8.87. The number of fused-ring (bicyclic) bond motifs is 1. The molecular formula is C22H26FN5O3. The largest absolute Gasteiger partial charge is 0.481 e. The Kier molecular flexibility index (Phi) is 6.01. The van der Waals surface area contributed by atoms with Crippen LogP contribution in [0.3, 0.4) is 0 Å². The first-order valence-corrected chi connectivity index (χ1v) is 10.4. The molecule has 3 heterocycles. The number of benzene rings is 1. The van der Waals surface area contributed by atoms with Gasteiger partial charge in [0.2, 0.25) is 5.91 Å². The number of ether oxygens (including phenoxy) is 1. The Morgan fingerprint density at radius 2 is 2.03 bits per heavy atom. The van der Waals surface area contributed by atoms with Crippen LogP contribution in [0, 0.1) is 5.82 Å². The normalized spacial score (nSPS) is 18.0. The van der Waals surface area contributed by atoms with Crippen molar-refractivity contribution >= 4 is 17.6 Å². The fourth-order valence-electron chi connectivity index (χ4n) is 4.08. The summed E-state index contributed by atoms with van der Waals surface area (Å²) < 4.78 is 19.0. The highest BCUT2D eigenvalue weighted by Crippen LogP contribution is 2.30. The van der Waals surface area contributed by atoms with E-state index in [1.807, 2.05) is 7.05 Å². The van der Waals surface area contributed by atoms with E-state index in [1.165, 1.54) is 12.1 Å². The third-order valence-corrected chi connectivity index (χ3v) is 5.85. The predicted molar refractivity (Wildman–Crippen MR) is 112 cm³/mol. The highest BCUT2D eigenvalue weighted by atomic mass is 19.1. The zero-order chi connectivity index (χ0) is 22.0. The summed E-state index contributed by atoms with van der Waals surface area (Å²) in [6, 6.07) is 6.04. The van der Waals surface area contributed by atoms with Gasteiger partial charge in [0.1, 0.15) is 11.6 Å². The molecule has 2 aromatic rings. The van der Waals surface area contributed by atoms with E-state index in [9.17, 15) is 14.0 Å². The SMILES string of the molecule is CNc1nc(C2CCN(C(=O)COc3ccccc3F)C2)nc2c1CN(C(C)=O)CC2. The Hall–Kier alpha value is -3.23. The summed E-state index contributed by atoms with van der Waals surface area (Å²) >= 11 is 0. The summed E-state index contributed by atoms with van der Waals surface area (Å²) in [7, 11) is 1.81. The molecule has 1 N–H and O–H groups in total. The molecule has 1 unspecified atom stereocenters. The van der Waals surface area contributed by atoms with Crippen LogP contribution in [0.5, 0.6) is 5.75 Å². The second-order valence-electron chi connectivity index (χ2n) is 7.84. The number of anilines is 1. The lowest BCUT2D eigenvalue weighted by atomic mass is 10.0. The molecule has 4 rings (SSSR count). The highest BCUT2D eigenvalue weighted by Gasteiger charge is 2.31. The lowest BCUT2D eigenvalue weighted by molar-refractivity contribution is -0.132. The van der Waals surface area contributed by atoms with Gasteiger partial charge >= 0.3 is 0 Å². The van der Waals surface area contributed by atoms with Crippen LogP contribution in [0.15, 0.2) is 24.3 Å². The molecule has 0 aliphatic carbocycles. The van der Waals surface area contributed by atoms with Gasteiger partial charge in [0, 0.05) is 51.5 Å². The number of hydrogen-bond donors (Lipinski definition) is 1. The second-order valence-corrected chi connectivity index (χ2v) is 7.84. The van der Waals surface area contributed by atoms with E-state index in [0.717, 1.165) is 23.5 Å². The average molecular weight is 427 g/mol. The Bertz CT molecular complexity index is 982. The van der Waals surface area contributed by atoms with Crippen LogP contribution in [0.4, 0.5) is 10.2 Å². The van der Waals surface area contributed by atoms with Gasteiger partial charge in [-0.3, -0.25) is 9.59 Å². The maximum Gasteiger partial charge on any atom is 0.260 e. The first kappa shape index (κ1) is 21.0. The number of aromatic nitrogens is 2. The van der Waals surface area contributed by atoms with Crippen LogP contribution in [-0.2, 0) is 22.6 Å². The fraction of sp³-hybridized carbons (Fsp3) is 0.455. The van der Waals surface area contributed by atoms with E-state index < -0.39 is 5.82 Å². The van der Waals surface area contributed by atoms with E-state index in [4.69, 9.17) is 14.7 Å². The number of likely N-dealkylation sites (tertiary alicyclic amines) is 1. The number of amides is 2. The maximum atomic E-state index is 13.7. The molecule has 2 aliphatic rings. The molecule has 1 aromatic heterocycles. The van der Waals surface area contributed by atoms with Crippen LogP contribution in [0.1, 0.15) is 36.3 Å². The summed E-state index contributed by atoms with van der Waals surface area (Å²) in [5.41, 5.74) is 1.91. The van der Waals surface area contributed by atoms with Crippen molar-refractivity contribution in [3.05, 3.63) is 47.2 Å². The summed E-state index contributed by atoms with van der Waals surface area (Å²) in [5, 5.41) is 3.13. The van der Waals surface area contributed by atoms with E-state index in [1.54, 1.807) is 28.9 Å². The number of carbonyl (C=O) groups excluding carboxylic acids is 2. The van der Waals surface area contributed by atoms with Crippen molar-refractivity contribution in [1.29, 1.82) is 0 Å². The minimum atomic E-state index is -0.486. The number of rotatable bonds is 5. The van der Waals surface area contributed by atoms with Crippen LogP contribution >= 0.6 is 0 Å². The minimum Gasteiger partial charge on any atom is -0.481 e. The highest BCUT2D eigenvalue weighted by molar-refractivity contribution is 5.78. The van der Waals surface area contributed by atoms with Crippen molar-refractivity contribution in [1.82, 2.24) is 19.8 Å². The zero-order valence-electron chi connectivity index (χ0n) is 17.7. The van der Waals surface area contributed by atoms with E-state index in [2.05, 4.69) is 5.32 Å². The summed E-state index contributed by atoms with van der Waals surface area (Å²) in [4.78, 5) is 37.3.